The van der Waals surface area contributed by atoms with Crippen LogP contribution in [0.2, 0.25) is 0 Å². The number of carbonyl (C=O) groups excluding carboxylic acids is 2. The number of aryl methyl sites for hydroxylation is 1. The first kappa shape index (κ1) is 19.3. The van der Waals surface area contributed by atoms with E-state index < -0.39 is 41.0 Å². The first-order valence-electron chi connectivity index (χ1n) is 8.69. The molecule has 3 rings (SSSR count). The zero-order chi connectivity index (χ0) is 20.6. The molecule has 28 heavy (non-hydrogen) atoms. The van der Waals surface area contributed by atoms with Crippen molar-refractivity contribution in [1.29, 1.82) is 0 Å². The average molecular weight is 380 g/mol. The van der Waals surface area contributed by atoms with Crippen molar-refractivity contribution in [3.63, 3.8) is 0 Å². The molecule has 0 bridgehead atoms. The summed E-state index contributed by atoms with van der Waals surface area (Å²) in [7, 11) is 0. The fraction of sp³-hybridized carbons (Fsp3) is 0.238. The smallest absolute Gasteiger partial charge is 0.322 e. The number of carbonyl (C=O) groups is 3. The van der Waals surface area contributed by atoms with Gasteiger partial charge in [0, 0.05) is 17.5 Å². The van der Waals surface area contributed by atoms with Gasteiger partial charge in [-0.15, -0.1) is 0 Å². The van der Waals surface area contributed by atoms with E-state index in [1.807, 2.05) is 25.1 Å². The van der Waals surface area contributed by atoms with Crippen LogP contribution in [0, 0.1) is 6.92 Å². The number of rotatable bonds is 4. The van der Waals surface area contributed by atoms with Crippen LogP contribution in [0.4, 0.5) is 0 Å². The van der Waals surface area contributed by atoms with Crippen LogP contribution in [0.1, 0.15) is 30.7 Å². The summed E-state index contributed by atoms with van der Waals surface area (Å²) in [6.07, 6.45) is 1.68. The fourth-order valence-corrected chi connectivity index (χ4v) is 3.32. The van der Waals surface area contributed by atoms with Crippen molar-refractivity contribution in [2.75, 3.05) is 6.54 Å². The lowest BCUT2D eigenvalue weighted by Crippen LogP contribution is -2.42. The molecular formula is C21H20N2O5. The van der Waals surface area contributed by atoms with Crippen molar-refractivity contribution in [3.8, 4) is 11.1 Å². The van der Waals surface area contributed by atoms with Crippen molar-refractivity contribution < 1.29 is 24.6 Å². The normalized spacial score (nSPS) is 15.2. The number of aliphatic carboxylic acids is 1. The molecule has 0 saturated heterocycles. The maximum atomic E-state index is 12.9. The number of hydrogen-bond acceptors (Lipinski definition) is 5. The number of hydrogen-bond donors (Lipinski definition) is 3. The predicted octanol–water partition coefficient (Wildman–Crippen LogP) is 2.39. The van der Waals surface area contributed by atoms with E-state index in [-0.39, 0.29) is 0 Å². The van der Waals surface area contributed by atoms with Gasteiger partial charge in [-0.25, -0.2) is 0 Å². The molecule has 0 radical (unpaired) electrons. The van der Waals surface area contributed by atoms with Crippen LogP contribution < -0.4 is 5.32 Å². The highest BCUT2D eigenvalue weighted by atomic mass is 16.4. The SMILES string of the molecule is Cc1cc(-c2ccc3c(c2)C(O)=C(C(=O)NCC(=O)O)C(=O)C3(C)C)ccn1. The van der Waals surface area contributed by atoms with Gasteiger partial charge in [0.05, 0.1) is 5.41 Å². The lowest BCUT2D eigenvalue weighted by Gasteiger charge is -2.32. The highest BCUT2D eigenvalue weighted by molar-refractivity contribution is 6.28. The maximum absolute atomic E-state index is 12.9. The van der Waals surface area contributed by atoms with Gasteiger partial charge in [-0.1, -0.05) is 12.1 Å². The summed E-state index contributed by atoms with van der Waals surface area (Å²) in [6.45, 7) is 4.56. The number of pyridine rings is 1. The van der Waals surface area contributed by atoms with Gasteiger partial charge in [0.2, 0.25) is 0 Å². The molecule has 0 saturated carbocycles. The van der Waals surface area contributed by atoms with E-state index in [4.69, 9.17) is 5.11 Å². The van der Waals surface area contributed by atoms with Crippen molar-refractivity contribution >= 4 is 23.4 Å². The third-order valence-corrected chi connectivity index (χ3v) is 4.84. The summed E-state index contributed by atoms with van der Waals surface area (Å²) >= 11 is 0. The summed E-state index contributed by atoms with van der Waals surface area (Å²) in [5.74, 6) is -3.16. The first-order chi connectivity index (χ1) is 13.1. The summed E-state index contributed by atoms with van der Waals surface area (Å²) in [6, 6.07) is 9.06. The van der Waals surface area contributed by atoms with Gasteiger partial charge in [-0.2, -0.15) is 0 Å². The van der Waals surface area contributed by atoms with Crippen molar-refractivity contribution in [1.82, 2.24) is 10.3 Å². The summed E-state index contributed by atoms with van der Waals surface area (Å²) < 4.78 is 0. The van der Waals surface area contributed by atoms with Crippen molar-refractivity contribution in [2.45, 2.75) is 26.2 Å². The monoisotopic (exact) mass is 380 g/mol. The summed E-state index contributed by atoms with van der Waals surface area (Å²) in [4.78, 5) is 40.2. The minimum atomic E-state index is -1.24. The average Bonchev–Trinajstić information content (AvgIpc) is 2.65. The van der Waals surface area contributed by atoms with E-state index in [1.165, 1.54) is 0 Å². The van der Waals surface area contributed by atoms with Crippen LogP contribution in [0.15, 0.2) is 42.1 Å². The number of ketones is 1. The van der Waals surface area contributed by atoms with Crippen LogP contribution in [0.3, 0.4) is 0 Å². The Bertz CT molecular complexity index is 1040. The van der Waals surface area contributed by atoms with E-state index in [2.05, 4.69) is 10.3 Å². The van der Waals surface area contributed by atoms with Crippen LogP contribution in [0.25, 0.3) is 16.9 Å². The number of aliphatic hydroxyl groups excluding tert-OH is 1. The van der Waals surface area contributed by atoms with E-state index >= 15 is 0 Å². The Morgan fingerprint density at radius 1 is 1.14 bits per heavy atom. The van der Waals surface area contributed by atoms with Crippen molar-refractivity contribution in [3.05, 3.63) is 58.9 Å². The lowest BCUT2D eigenvalue weighted by molar-refractivity contribution is -0.138. The highest BCUT2D eigenvalue weighted by Gasteiger charge is 2.43. The third-order valence-electron chi connectivity index (χ3n) is 4.84. The molecule has 0 atom stereocenters. The second-order valence-corrected chi connectivity index (χ2v) is 7.20. The summed E-state index contributed by atoms with van der Waals surface area (Å²) in [5.41, 5.74) is 2.00. The van der Waals surface area contributed by atoms with Gasteiger partial charge in [-0.05, 0) is 55.7 Å². The number of nitrogens with zero attached hydrogens (tertiary/aromatic N) is 1. The number of nitrogens with one attached hydrogen (secondary N) is 1. The van der Waals surface area contributed by atoms with Gasteiger partial charge in [0.25, 0.3) is 5.91 Å². The van der Waals surface area contributed by atoms with E-state index in [9.17, 15) is 19.5 Å². The highest BCUT2D eigenvalue weighted by Crippen LogP contribution is 2.41. The molecule has 144 valence electrons. The molecule has 0 fully saturated rings. The number of aliphatic hydroxyl groups is 1. The van der Waals surface area contributed by atoms with Gasteiger partial charge in [0.15, 0.2) is 5.78 Å². The van der Waals surface area contributed by atoms with Gasteiger partial charge >= 0.3 is 5.97 Å². The Morgan fingerprint density at radius 3 is 2.46 bits per heavy atom. The molecular weight excluding hydrogens is 360 g/mol. The molecule has 1 aromatic carbocycles. The standard InChI is InChI=1S/C21H20N2O5/c1-11-8-13(6-7-22-11)12-4-5-15-14(9-12)18(26)17(19(27)21(15,2)3)20(28)23-10-16(24)25/h4-9,26H,10H2,1-3H3,(H,23,28)(H,24,25). The Morgan fingerprint density at radius 2 is 1.82 bits per heavy atom. The maximum Gasteiger partial charge on any atom is 0.322 e. The van der Waals surface area contributed by atoms with Gasteiger partial charge < -0.3 is 15.5 Å². The number of aromatic nitrogens is 1. The third kappa shape index (κ3) is 3.26. The molecule has 1 aliphatic carbocycles. The van der Waals surface area contributed by atoms with Crippen LogP contribution >= 0.6 is 0 Å². The molecule has 3 N–H and O–H groups in total. The first-order valence-corrected chi connectivity index (χ1v) is 8.69. The van der Waals surface area contributed by atoms with Crippen LogP contribution in [-0.2, 0) is 19.8 Å². The topological polar surface area (TPSA) is 117 Å². The largest absolute Gasteiger partial charge is 0.506 e. The number of fused-ring (bicyclic) bond motifs is 1. The lowest BCUT2D eigenvalue weighted by atomic mass is 9.70. The molecule has 7 nitrogen and oxygen atoms in total. The van der Waals surface area contributed by atoms with Crippen LogP contribution in [0.5, 0.6) is 0 Å². The molecule has 0 aliphatic heterocycles. The minimum absolute atomic E-state index is 0.372. The van der Waals surface area contributed by atoms with Crippen molar-refractivity contribution in [2.24, 2.45) is 0 Å². The molecule has 0 unspecified atom stereocenters. The number of carboxylic acids is 1. The number of amides is 1. The van der Waals surface area contributed by atoms with E-state index in [0.29, 0.717) is 11.1 Å². The van der Waals surface area contributed by atoms with Crippen LogP contribution in [-0.4, -0.2) is 39.4 Å². The molecule has 2 aromatic rings. The Labute approximate surface area is 161 Å². The number of carboxylic acid groups (broad SMARTS) is 1. The quantitative estimate of drug-likeness (QED) is 0.701. The Hall–Kier alpha value is -3.48. The van der Waals surface area contributed by atoms with E-state index in [0.717, 1.165) is 16.8 Å². The number of benzene rings is 1. The zero-order valence-corrected chi connectivity index (χ0v) is 15.7. The molecule has 0 spiro atoms. The minimum Gasteiger partial charge on any atom is -0.506 e. The van der Waals surface area contributed by atoms with Gasteiger partial charge in [-0.3, -0.25) is 19.4 Å². The zero-order valence-electron chi connectivity index (χ0n) is 15.7. The molecule has 1 amide bonds. The number of Topliss-reactive ketones (excluding diaryl/α,β-unsaturated/α-hetero) is 1. The summed E-state index contributed by atoms with van der Waals surface area (Å²) in [5, 5.41) is 21.6. The second kappa shape index (κ2) is 6.92. The second-order valence-electron chi connectivity index (χ2n) is 7.20. The van der Waals surface area contributed by atoms with E-state index in [1.54, 1.807) is 32.2 Å². The molecule has 1 aliphatic rings. The molecule has 1 heterocycles. The Balaban J connectivity index is 2.15. The predicted molar refractivity (Wildman–Crippen MR) is 103 cm³/mol. The Kier molecular flexibility index (Phi) is 4.77. The fourth-order valence-electron chi connectivity index (χ4n) is 3.32. The molecule has 7 heteroatoms. The van der Waals surface area contributed by atoms with Gasteiger partial charge in [0.1, 0.15) is 17.9 Å². The molecule has 1 aromatic heterocycles.